The fraction of sp³-hybridized carbons (Fsp3) is 0.444. The number of carbonyl (C=O) groups is 3. The molecule has 2 aliphatic heterocycles. The number of ketones is 1. The Bertz CT molecular complexity index is 1130. The fourth-order valence-electron chi connectivity index (χ4n) is 4.34. The van der Waals surface area contributed by atoms with E-state index in [9.17, 15) is 14.4 Å². The van der Waals surface area contributed by atoms with Gasteiger partial charge >= 0.3 is 0 Å². The molecule has 0 spiro atoms. The molecule has 0 aliphatic carbocycles. The quantitative estimate of drug-likeness (QED) is 0.494. The predicted octanol–water partition coefficient (Wildman–Crippen LogP) is 2.54. The van der Waals surface area contributed by atoms with Gasteiger partial charge in [0.15, 0.2) is 30.5 Å². The first-order valence-electron chi connectivity index (χ1n) is 12.2. The minimum absolute atomic E-state index is 0.0664. The number of carbonyl (C=O) groups excluding carboxylic acids is 3. The molecule has 4 rings (SSSR count). The van der Waals surface area contributed by atoms with Crippen molar-refractivity contribution >= 4 is 23.3 Å². The van der Waals surface area contributed by atoms with Gasteiger partial charge in [-0.15, -0.1) is 0 Å². The molecular weight excluding hydrogens is 462 g/mol. The van der Waals surface area contributed by atoms with Gasteiger partial charge in [-0.3, -0.25) is 14.4 Å². The van der Waals surface area contributed by atoms with Gasteiger partial charge in [0.2, 0.25) is 5.91 Å². The average Bonchev–Trinajstić information content (AvgIpc) is 2.88. The molecule has 9 heteroatoms. The minimum Gasteiger partial charge on any atom is -0.493 e. The molecule has 0 radical (unpaired) electrons. The van der Waals surface area contributed by atoms with Gasteiger partial charge in [0.25, 0.3) is 5.91 Å². The van der Waals surface area contributed by atoms with Gasteiger partial charge in [0.1, 0.15) is 5.75 Å². The Morgan fingerprint density at radius 2 is 1.81 bits per heavy atom. The Kier molecular flexibility index (Phi) is 8.10. The monoisotopic (exact) mass is 495 g/mol. The van der Waals surface area contributed by atoms with E-state index >= 15 is 0 Å². The van der Waals surface area contributed by atoms with Gasteiger partial charge in [0, 0.05) is 44.7 Å². The van der Waals surface area contributed by atoms with Crippen molar-refractivity contribution in [3.63, 3.8) is 0 Å². The second-order valence-corrected chi connectivity index (χ2v) is 9.17. The van der Waals surface area contributed by atoms with Crippen molar-refractivity contribution in [1.82, 2.24) is 9.80 Å². The number of anilines is 1. The number of fused-ring (bicyclic) bond motifs is 1. The lowest BCUT2D eigenvalue weighted by atomic mass is 10.1. The largest absolute Gasteiger partial charge is 0.493 e. The van der Waals surface area contributed by atoms with Crippen LogP contribution in [0.15, 0.2) is 36.4 Å². The van der Waals surface area contributed by atoms with Crippen LogP contribution >= 0.6 is 0 Å². The highest BCUT2D eigenvalue weighted by molar-refractivity contribution is 6.02. The van der Waals surface area contributed by atoms with Gasteiger partial charge in [0.05, 0.1) is 12.8 Å². The molecule has 1 fully saturated rings. The van der Waals surface area contributed by atoms with Crippen LogP contribution in [0.3, 0.4) is 0 Å². The van der Waals surface area contributed by atoms with Crippen molar-refractivity contribution < 1.29 is 28.6 Å². The molecule has 0 N–H and O–H groups in total. The summed E-state index contributed by atoms with van der Waals surface area (Å²) in [7, 11) is 3.60. The molecule has 1 saturated heterocycles. The summed E-state index contributed by atoms with van der Waals surface area (Å²) in [5.41, 5.74) is 1.98. The molecule has 0 saturated carbocycles. The molecule has 36 heavy (non-hydrogen) atoms. The maximum Gasteiger partial charge on any atom is 0.265 e. The lowest BCUT2D eigenvalue weighted by molar-refractivity contribution is -0.133. The van der Waals surface area contributed by atoms with Crippen LogP contribution in [-0.4, -0.2) is 87.5 Å². The highest BCUT2D eigenvalue weighted by Crippen LogP contribution is 2.34. The van der Waals surface area contributed by atoms with E-state index in [1.807, 2.05) is 31.0 Å². The van der Waals surface area contributed by atoms with E-state index in [2.05, 4.69) is 4.90 Å². The smallest absolute Gasteiger partial charge is 0.265 e. The maximum absolute atomic E-state index is 12.9. The van der Waals surface area contributed by atoms with Crippen LogP contribution in [0.2, 0.25) is 0 Å². The number of benzene rings is 2. The number of likely N-dealkylation sites (N-methyl/N-ethyl adjacent to an activating group) is 1. The summed E-state index contributed by atoms with van der Waals surface area (Å²) in [6.45, 7) is 5.30. The van der Waals surface area contributed by atoms with Gasteiger partial charge in [-0.25, -0.2) is 0 Å². The molecular formula is C27H33N3O6. The molecule has 0 bridgehead atoms. The standard InChI is InChI=1S/C27H33N3O6/c1-19-6-8-24(25(15-19)34-3)35-17-22(31)20-7-9-23-21(16-20)30(27(33)18-36-23)10-4-5-26(32)29-13-11-28(2)12-14-29/h6-9,15-16H,4-5,10-14,17-18H2,1-3H3. The molecule has 0 atom stereocenters. The van der Waals surface area contributed by atoms with Crippen molar-refractivity contribution in [2.75, 3.05) is 65.0 Å². The van der Waals surface area contributed by atoms with Crippen molar-refractivity contribution in [2.45, 2.75) is 19.8 Å². The summed E-state index contributed by atoms with van der Waals surface area (Å²) >= 11 is 0. The Morgan fingerprint density at radius 3 is 2.56 bits per heavy atom. The summed E-state index contributed by atoms with van der Waals surface area (Å²) < 4.78 is 16.6. The van der Waals surface area contributed by atoms with Crippen LogP contribution in [-0.2, 0) is 9.59 Å². The van der Waals surface area contributed by atoms with E-state index in [0.29, 0.717) is 47.9 Å². The Balaban J connectivity index is 1.39. The number of hydrogen-bond donors (Lipinski definition) is 0. The van der Waals surface area contributed by atoms with Crippen molar-refractivity contribution in [2.24, 2.45) is 0 Å². The topological polar surface area (TPSA) is 88.6 Å². The lowest BCUT2D eigenvalue weighted by Crippen LogP contribution is -2.47. The number of Topliss-reactive ketones (excluding diaryl/α,β-unsaturated/α-hetero) is 1. The zero-order valence-corrected chi connectivity index (χ0v) is 21.1. The number of hydrogen-bond acceptors (Lipinski definition) is 7. The van der Waals surface area contributed by atoms with Crippen LogP contribution < -0.4 is 19.1 Å². The van der Waals surface area contributed by atoms with Crippen molar-refractivity contribution in [1.29, 1.82) is 0 Å². The zero-order chi connectivity index (χ0) is 25.7. The molecule has 2 aromatic rings. The number of amides is 2. The summed E-state index contributed by atoms with van der Waals surface area (Å²) in [5, 5.41) is 0. The molecule has 2 amide bonds. The van der Waals surface area contributed by atoms with Crippen LogP contribution in [0.5, 0.6) is 17.2 Å². The van der Waals surface area contributed by atoms with Crippen molar-refractivity contribution in [3.8, 4) is 17.2 Å². The van der Waals surface area contributed by atoms with Gasteiger partial charge < -0.3 is 28.9 Å². The number of piperazine rings is 1. The van der Waals surface area contributed by atoms with Gasteiger partial charge in [-0.2, -0.15) is 0 Å². The van der Waals surface area contributed by atoms with Crippen LogP contribution in [0, 0.1) is 6.92 Å². The third kappa shape index (κ3) is 5.96. The average molecular weight is 496 g/mol. The zero-order valence-electron chi connectivity index (χ0n) is 21.1. The van der Waals surface area contributed by atoms with Gasteiger partial charge in [-0.1, -0.05) is 6.07 Å². The van der Waals surface area contributed by atoms with Crippen LogP contribution in [0.25, 0.3) is 0 Å². The number of methoxy groups -OCH3 is 1. The third-order valence-corrected chi connectivity index (χ3v) is 6.53. The number of ether oxygens (including phenoxy) is 3. The molecule has 0 unspecified atom stereocenters. The first-order chi connectivity index (χ1) is 17.4. The van der Waals surface area contributed by atoms with Gasteiger partial charge in [-0.05, 0) is 56.3 Å². The Labute approximate surface area is 211 Å². The van der Waals surface area contributed by atoms with E-state index in [4.69, 9.17) is 14.2 Å². The predicted molar refractivity (Wildman–Crippen MR) is 135 cm³/mol. The Morgan fingerprint density at radius 1 is 1.03 bits per heavy atom. The van der Waals surface area contributed by atoms with E-state index < -0.39 is 0 Å². The number of rotatable bonds is 9. The molecule has 9 nitrogen and oxygen atoms in total. The van der Waals surface area contributed by atoms with Crippen LogP contribution in [0.4, 0.5) is 5.69 Å². The molecule has 192 valence electrons. The number of aryl methyl sites for hydroxylation is 1. The second-order valence-electron chi connectivity index (χ2n) is 9.17. The maximum atomic E-state index is 12.9. The minimum atomic E-state index is -0.233. The van der Waals surface area contributed by atoms with E-state index in [-0.39, 0.29) is 30.8 Å². The van der Waals surface area contributed by atoms with E-state index in [0.717, 1.165) is 31.7 Å². The van der Waals surface area contributed by atoms with Crippen LogP contribution in [0.1, 0.15) is 28.8 Å². The molecule has 2 aromatic carbocycles. The SMILES string of the molecule is COc1cc(C)ccc1OCC(=O)c1ccc2c(c1)N(CCCC(=O)N1CCN(C)CC1)C(=O)CO2. The molecule has 2 aliphatic rings. The lowest BCUT2D eigenvalue weighted by Gasteiger charge is -2.33. The fourth-order valence-corrected chi connectivity index (χ4v) is 4.34. The summed E-state index contributed by atoms with van der Waals surface area (Å²) in [6.07, 6.45) is 0.902. The van der Waals surface area contributed by atoms with E-state index in [1.165, 1.54) is 0 Å². The second kappa shape index (κ2) is 11.4. The first kappa shape index (κ1) is 25.5. The highest BCUT2D eigenvalue weighted by atomic mass is 16.5. The Hall–Kier alpha value is -3.59. The third-order valence-electron chi connectivity index (χ3n) is 6.53. The molecule has 2 heterocycles. The van der Waals surface area contributed by atoms with Crippen molar-refractivity contribution in [3.05, 3.63) is 47.5 Å². The summed E-state index contributed by atoms with van der Waals surface area (Å²) in [4.78, 5) is 43.8. The molecule has 0 aromatic heterocycles. The summed E-state index contributed by atoms with van der Waals surface area (Å²) in [5.74, 6) is 1.27. The summed E-state index contributed by atoms with van der Waals surface area (Å²) in [6, 6.07) is 10.5. The normalized spacial score (nSPS) is 15.8. The van der Waals surface area contributed by atoms with E-state index in [1.54, 1.807) is 36.3 Å². The number of nitrogens with zero attached hydrogens (tertiary/aromatic N) is 3. The first-order valence-corrected chi connectivity index (χ1v) is 12.2. The highest BCUT2D eigenvalue weighted by Gasteiger charge is 2.27.